The van der Waals surface area contributed by atoms with Gasteiger partial charge in [-0.15, -0.1) is 0 Å². The standard InChI is InChI=1S/C14H20N2O2S/c17-19(18,11-5-1-2-6-11)16-14-9-3-8-13-12(14)7-4-10-15-13/h3,8-9,11,15-16H,1-2,4-7,10H2. The van der Waals surface area contributed by atoms with Crippen LogP contribution in [0.25, 0.3) is 0 Å². The first kappa shape index (κ1) is 12.8. The molecule has 1 heterocycles. The number of rotatable bonds is 3. The van der Waals surface area contributed by atoms with Crippen molar-refractivity contribution in [2.75, 3.05) is 16.6 Å². The molecular weight excluding hydrogens is 260 g/mol. The smallest absolute Gasteiger partial charge is 0.235 e. The van der Waals surface area contributed by atoms with Gasteiger partial charge in [0.15, 0.2) is 0 Å². The fourth-order valence-corrected chi connectivity index (χ4v) is 4.66. The van der Waals surface area contributed by atoms with Crippen LogP contribution >= 0.6 is 0 Å². The van der Waals surface area contributed by atoms with Gasteiger partial charge in [0.2, 0.25) is 10.0 Å². The van der Waals surface area contributed by atoms with E-state index in [1.807, 2.05) is 18.2 Å². The summed E-state index contributed by atoms with van der Waals surface area (Å²) in [5.74, 6) is 0. The Morgan fingerprint density at radius 1 is 1.16 bits per heavy atom. The van der Waals surface area contributed by atoms with E-state index in [1.165, 1.54) is 0 Å². The molecule has 5 heteroatoms. The van der Waals surface area contributed by atoms with Crippen molar-refractivity contribution in [2.45, 2.75) is 43.8 Å². The maximum Gasteiger partial charge on any atom is 0.235 e. The summed E-state index contributed by atoms with van der Waals surface area (Å²) in [5.41, 5.74) is 2.93. The van der Waals surface area contributed by atoms with Crippen LogP contribution < -0.4 is 10.0 Å². The summed E-state index contributed by atoms with van der Waals surface area (Å²) in [6.07, 6.45) is 5.63. The van der Waals surface area contributed by atoms with Crippen LogP contribution in [0.4, 0.5) is 11.4 Å². The van der Waals surface area contributed by atoms with Crippen molar-refractivity contribution in [1.82, 2.24) is 0 Å². The fourth-order valence-electron chi connectivity index (χ4n) is 3.04. The Morgan fingerprint density at radius 3 is 2.74 bits per heavy atom. The zero-order valence-electron chi connectivity index (χ0n) is 11.0. The zero-order chi connectivity index (χ0) is 13.3. The molecule has 3 rings (SSSR count). The Hall–Kier alpha value is -1.23. The van der Waals surface area contributed by atoms with Crippen molar-refractivity contribution in [2.24, 2.45) is 0 Å². The highest BCUT2D eigenvalue weighted by Crippen LogP contribution is 2.32. The van der Waals surface area contributed by atoms with Crippen LogP contribution in [0.5, 0.6) is 0 Å². The molecule has 1 fully saturated rings. The van der Waals surface area contributed by atoms with Crippen molar-refractivity contribution >= 4 is 21.4 Å². The molecule has 19 heavy (non-hydrogen) atoms. The van der Waals surface area contributed by atoms with Crippen molar-refractivity contribution in [3.8, 4) is 0 Å². The van der Waals surface area contributed by atoms with Gasteiger partial charge in [0.1, 0.15) is 0 Å². The van der Waals surface area contributed by atoms with Gasteiger partial charge in [-0.3, -0.25) is 4.72 Å². The van der Waals surface area contributed by atoms with Crippen LogP contribution in [-0.4, -0.2) is 20.2 Å². The maximum atomic E-state index is 12.4. The van der Waals surface area contributed by atoms with Gasteiger partial charge >= 0.3 is 0 Å². The average molecular weight is 280 g/mol. The predicted molar refractivity (Wildman–Crippen MR) is 78.1 cm³/mol. The molecule has 0 unspecified atom stereocenters. The highest BCUT2D eigenvalue weighted by molar-refractivity contribution is 7.93. The SMILES string of the molecule is O=S(=O)(Nc1cccc2c1CCCN2)C1CCCC1. The van der Waals surface area contributed by atoms with Gasteiger partial charge in [-0.2, -0.15) is 0 Å². The Kier molecular flexibility index (Phi) is 3.39. The van der Waals surface area contributed by atoms with Crippen LogP contribution in [-0.2, 0) is 16.4 Å². The summed E-state index contributed by atoms with van der Waals surface area (Å²) in [6.45, 7) is 0.964. The third-order valence-electron chi connectivity index (χ3n) is 4.09. The van der Waals surface area contributed by atoms with E-state index in [0.717, 1.165) is 62.0 Å². The molecule has 1 aromatic carbocycles. The molecule has 1 aliphatic heterocycles. The monoisotopic (exact) mass is 280 g/mol. The van der Waals surface area contributed by atoms with E-state index in [-0.39, 0.29) is 5.25 Å². The number of benzene rings is 1. The highest BCUT2D eigenvalue weighted by Gasteiger charge is 2.29. The molecule has 0 bridgehead atoms. The number of nitrogens with one attached hydrogen (secondary N) is 2. The summed E-state index contributed by atoms with van der Waals surface area (Å²) in [7, 11) is -3.22. The Bertz CT molecular complexity index is 563. The molecule has 0 atom stereocenters. The van der Waals surface area contributed by atoms with Gasteiger partial charge < -0.3 is 5.32 Å². The molecule has 0 radical (unpaired) electrons. The minimum absolute atomic E-state index is 0.208. The topological polar surface area (TPSA) is 58.2 Å². The summed E-state index contributed by atoms with van der Waals surface area (Å²) in [4.78, 5) is 0. The zero-order valence-corrected chi connectivity index (χ0v) is 11.8. The van der Waals surface area contributed by atoms with E-state index in [0.29, 0.717) is 0 Å². The second kappa shape index (κ2) is 5.04. The van der Waals surface area contributed by atoms with Crippen molar-refractivity contribution in [3.63, 3.8) is 0 Å². The lowest BCUT2D eigenvalue weighted by molar-refractivity contribution is 0.585. The number of hydrogen-bond donors (Lipinski definition) is 2. The maximum absolute atomic E-state index is 12.4. The molecule has 1 saturated carbocycles. The molecule has 0 aromatic heterocycles. The molecule has 0 saturated heterocycles. The molecule has 0 spiro atoms. The van der Waals surface area contributed by atoms with Crippen LogP contribution in [0.3, 0.4) is 0 Å². The highest BCUT2D eigenvalue weighted by atomic mass is 32.2. The van der Waals surface area contributed by atoms with Crippen LogP contribution in [0.15, 0.2) is 18.2 Å². The van der Waals surface area contributed by atoms with E-state index in [9.17, 15) is 8.42 Å². The van der Waals surface area contributed by atoms with E-state index in [1.54, 1.807) is 0 Å². The third-order valence-corrected chi connectivity index (χ3v) is 5.94. The normalized spacial score (nSPS) is 19.8. The fraction of sp³-hybridized carbons (Fsp3) is 0.571. The Morgan fingerprint density at radius 2 is 1.95 bits per heavy atom. The van der Waals surface area contributed by atoms with Gasteiger partial charge in [-0.05, 0) is 43.4 Å². The molecule has 2 N–H and O–H groups in total. The second-order valence-corrected chi connectivity index (χ2v) is 7.38. The number of anilines is 2. The van der Waals surface area contributed by atoms with Gasteiger partial charge in [0.05, 0.1) is 10.9 Å². The lowest BCUT2D eigenvalue weighted by atomic mass is 10.0. The van der Waals surface area contributed by atoms with E-state index >= 15 is 0 Å². The summed E-state index contributed by atoms with van der Waals surface area (Å²) < 4.78 is 27.5. The minimum Gasteiger partial charge on any atom is -0.385 e. The van der Waals surface area contributed by atoms with Crippen molar-refractivity contribution in [3.05, 3.63) is 23.8 Å². The molecule has 4 nitrogen and oxygen atoms in total. The first-order valence-corrected chi connectivity index (χ1v) is 8.59. The van der Waals surface area contributed by atoms with Gasteiger partial charge in [0, 0.05) is 12.2 Å². The lowest BCUT2D eigenvalue weighted by Crippen LogP contribution is -2.26. The molecule has 1 aliphatic carbocycles. The van der Waals surface area contributed by atoms with E-state index in [2.05, 4.69) is 10.0 Å². The van der Waals surface area contributed by atoms with Crippen molar-refractivity contribution < 1.29 is 8.42 Å². The number of sulfonamides is 1. The number of fused-ring (bicyclic) bond motifs is 1. The molecule has 0 amide bonds. The quantitative estimate of drug-likeness (QED) is 0.895. The minimum atomic E-state index is -3.22. The first-order chi connectivity index (χ1) is 9.17. The Labute approximate surface area is 114 Å². The largest absolute Gasteiger partial charge is 0.385 e. The summed E-state index contributed by atoms with van der Waals surface area (Å²) in [6, 6.07) is 5.80. The lowest BCUT2D eigenvalue weighted by Gasteiger charge is -2.22. The second-order valence-electron chi connectivity index (χ2n) is 5.42. The van der Waals surface area contributed by atoms with Gasteiger partial charge in [-0.25, -0.2) is 8.42 Å². The molecule has 104 valence electrons. The van der Waals surface area contributed by atoms with Gasteiger partial charge in [-0.1, -0.05) is 18.9 Å². The predicted octanol–water partition coefficient (Wildman–Crippen LogP) is 2.73. The van der Waals surface area contributed by atoms with Gasteiger partial charge in [0.25, 0.3) is 0 Å². The third kappa shape index (κ3) is 2.56. The van der Waals surface area contributed by atoms with E-state index in [4.69, 9.17) is 0 Å². The molecule has 2 aliphatic rings. The van der Waals surface area contributed by atoms with Crippen LogP contribution in [0.2, 0.25) is 0 Å². The van der Waals surface area contributed by atoms with Crippen molar-refractivity contribution in [1.29, 1.82) is 0 Å². The molecule has 1 aromatic rings. The van der Waals surface area contributed by atoms with Crippen LogP contribution in [0.1, 0.15) is 37.7 Å². The summed E-state index contributed by atoms with van der Waals surface area (Å²) in [5, 5.41) is 3.12. The van der Waals surface area contributed by atoms with E-state index < -0.39 is 10.0 Å². The first-order valence-electron chi connectivity index (χ1n) is 7.04. The average Bonchev–Trinajstić information content (AvgIpc) is 2.93. The Balaban J connectivity index is 1.87. The van der Waals surface area contributed by atoms with Crippen LogP contribution in [0, 0.1) is 0 Å². The summed E-state index contributed by atoms with van der Waals surface area (Å²) >= 11 is 0. The number of hydrogen-bond acceptors (Lipinski definition) is 3. The molecular formula is C14H20N2O2S.